The fourth-order valence-corrected chi connectivity index (χ4v) is 2.83. The number of likely N-dealkylation sites (tertiary alicyclic amines) is 1. The highest BCUT2D eigenvalue weighted by Gasteiger charge is 2.39. The maximum Gasteiger partial charge on any atom is 0.317 e. The minimum absolute atomic E-state index is 0.0989. The highest BCUT2D eigenvalue weighted by Crippen LogP contribution is 2.28. The van der Waals surface area contributed by atoms with Crippen LogP contribution in [0.2, 0.25) is 0 Å². The molecule has 1 aliphatic heterocycles. The van der Waals surface area contributed by atoms with E-state index in [0.717, 1.165) is 12.8 Å². The van der Waals surface area contributed by atoms with Crippen molar-refractivity contribution in [1.82, 2.24) is 10.2 Å². The second-order valence-electron chi connectivity index (χ2n) is 5.39. The molecule has 2 unspecified atom stereocenters. The third-order valence-electron chi connectivity index (χ3n) is 4.03. The van der Waals surface area contributed by atoms with Crippen LogP contribution in [-0.4, -0.2) is 40.6 Å². The van der Waals surface area contributed by atoms with E-state index in [1.54, 1.807) is 4.90 Å². The number of carboxylic acids is 1. The molecule has 17 heavy (non-hydrogen) atoms. The Morgan fingerprint density at radius 1 is 1.29 bits per heavy atom. The van der Waals surface area contributed by atoms with Crippen LogP contribution < -0.4 is 5.32 Å². The lowest BCUT2D eigenvalue weighted by Crippen LogP contribution is -2.51. The van der Waals surface area contributed by atoms with Crippen molar-refractivity contribution >= 4 is 12.0 Å². The summed E-state index contributed by atoms with van der Waals surface area (Å²) >= 11 is 0. The number of urea groups is 1. The van der Waals surface area contributed by atoms with Crippen LogP contribution in [-0.2, 0) is 4.79 Å². The quantitative estimate of drug-likeness (QED) is 0.764. The molecule has 0 bridgehead atoms. The predicted octanol–water partition coefficient (Wildman–Crippen LogP) is 1.29. The molecule has 0 radical (unpaired) electrons. The Labute approximate surface area is 101 Å². The van der Waals surface area contributed by atoms with Gasteiger partial charge in [0.05, 0.1) is 5.92 Å². The zero-order valence-corrected chi connectivity index (χ0v) is 10.3. The number of carbonyl (C=O) groups is 2. The average Bonchev–Trinajstić information content (AvgIpc) is 2.57. The van der Waals surface area contributed by atoms with E-state index in [1.165, 1.54) is 0 Å². The van der Waals surface area contributed by atoms with Crippen LogP contribution in [0.15, 0.2) is 0 Å². The fourth-order valence-electron chi connectivity index (χ4n) is 2.83. The summed E-state index contributed by atoms with van der Waals surface area (Å²) in [4.78, 5) is 24.6. The van der Waals surface area contributed by atoms with Crippen LogP contribution in [0, 0.1) is 11.8 Å². The maximum atomic E-state index is 12.0. The molecule has 1 saturated carbocycles. The first-order valence-corrected chi connectivity index (χ1v) is 6.29. The Morgan fingerprint density at radius 2 is 1.94 bits per heavy atom. The van der Waals surface area contributed by atoms with Gasteiger partial charge in [-0.2, -0.15) is 0 Å². The van der Waals surface area contributed by atoms with E-state index >= 15 is 0 Å². The van der Waals surface area contributed by atoms with Gasteiger partial charge in [0.2, 0.25) is 0 Å². The first-order valence-electron chi connectivity index (χ1n) is 6.29. The third kappa shape index (κ3) is 2.37. The van der Waals surface area contributed by atoms with Crippen LogP contribution in [0.5, 0.6) is 0 Å². The van der Waals surface area contributed by atoms with Crippen molar-refractivity contribution in [3.05, 3.63) is 0 Å². The SMILES string of the molecule is CC1CC(NC(=O)N2CCC(C(=O)O)C2C)C1. The van der Waals surface area contributed by atoms with Gasteiger partial charge in [-0.15, -0.1) is 0 Å². The summed E-state index contributed by atoms with van der Waals surface area (Å²) in [5.74, 6) is -0.519. The summed E-state index contributed by atoms with van der Waals surface area (Å²) in [6, 6.07) is -0.0169. The third-order valence-corrected chi connectivity index (χ3v) is 4.03. The van der Waals surface area contributed by atoms with E-state index < -0.39 is 11.9 Å². The molecule has 0 aromatic rings. The number of carbonyl (C=O) groups excluding carboxylic acids is 1. The zero-order chi connectivity index (χ0) is 12.6. The second kappa shape index (κ2) is 4.55. The van der Waals surface area contributed by atoms with E-state index in [2.05, 4.69) is 12.2 Å². The molecule has 2 aliphatic rings. The number of hydrogen-bond acceptors (Lipinski definition) is 2. The van der Waals surface area contributed by atoms with Gasteiger partial charge in [-0.05, 0) is 32.1 Å². The highest BCUT2D eigenvalue weighted by molar-refractivity contribution is 5.78. The number of nitrogens with zero attached hydrogens (tertiary/aromatic N) is 1. The van der Waals surface area contributed by atoms with Crippen molar-refractivity contribution in [3.8, 4) is 0 Å². The van der Waals surface area contributed by atoms with E-state index in [0.29, 0.717) is 18.9 Å². The molecule has 5 heteroatoms. The molecular formula is C12H20N2O3. The number of hydrogen-bond donors (Lipinski definition) is 2. The molecule has 2 rings (SSSR count). The van der Waals surface area contributed by atoms with Crippen molar-refractivity contribution in [2.24, 2.45) is 11.8 Å². The van der Waals surface area contributed by atoms with Crippen molar-refractivity contribution in [1.29, 1.82) is 0 Å². The molecule has 5 nitrogen and oxygen atoms in total. The van der Waals surface area contributed by atoms with E-state index in [4.69, 9.17) is 5.11 Å². The number of nitrogens with one attached hydrogen (secondary N) is 1. The van der Waals surface area contributed by atoms with E-state index in [1.807, 2.05) is 6.92 Å². The predicted molar refractivity (Wildman–Crippen MR) is 62.6 cm³/mol. The van der Waals surface area contributed by atoms with Crippen molar-refractivity contribution < 1.29 is 14.7 Å². The van der Waals surface area contributed by atoms with Gasteiger partial charge >= 0.3 is 12.0 Å². The number of amides is 2. The molecule has 2 amide bonds. The van der Waals surface area contributed by atoms with E-state index in [-0.39, 0.29) is 18.1 Å². The zero-order valence-electron chi connectivity index (χ0n) is 10.3. The summed E-state index contributed by atoms with van der Waals surface area (Å²) in [6.45, 7) is 4.53. The van der Waals surface area contributed by atoms with Gasteiger partial charge in [0.25, 0.3) is 0 Å². The van der Waals surface area contributed by atoms with Gasteiger partial charge in [0, 0.05) is 18.6 Å². The van der Waals surface area contributed by atoms with Crippen LogP contribution in [0.1, 0.15) is 33.1 Å². The van der Waals surface area contributed by atoms with Crippen LogP contribution in [0.4, 0.5) is 4.79 Å². The monoisotopic (exact) mass is 240 g/mol. The van der Waals surface area contributed by atoms with Crippen molar-refractivity contribution in [2.45, 2.75) is 45.2 Å². The van der Waals surface area contributed by atoms with Gasteiger partial charge in [0.15, 0.2) is 0 Å². The van der Waals surface area contributed by atoms with Gasteiger partial charge < -0.3 is 15.3 Å². The Kier molecular flexibility index (Phi) is 3.26. The lowest BCUT2D eigenvalue weighted by atomic mass is 9.82. The summed E-state index contributed by atoms with van der Waals surface area (Å²) in [5, 5.41) is 12.0. The molecule has 2 fully saturated rings. The topological polar surface area (TPSA) is 69.6 Å². The van der Waals surface area contributed by atoms with Gasteiger partial charge in [-0.1, -0.05) is 6.92 Å². The van der Waals surface area contributed by atoms with Gasteiger partial charge in [0.1, 0.15) is 0 Å². The Bertz CT molecular complexity index is 326. The second-order valence-corrected chi connectivity index (χ2v) is 5.39. The Hall–Kier alpha value is -1.26. The molecule has 1 saturated heterocycles. The first kappa shape index (κ1) is 12.2. The molecule has 2 N–H and O–H groups in total. The smallest absolute Gasteiger partial charge is 0.317 e. The average molecular weight is 240 g/mol. The van der Waals surface area contributed by atoms with Gasteiger partial charge in [-0.25, -0.2) is 4.79 Å². The minimum Gasteiger partial charge on any atom is -0.481 e. The summed E-state index contributed by atoms with van der Waals surface area (Å²) in [6.07, 6.45) is 2.64. The lowest BCUT2D eigenvalue weighted by molar-refractivity contribution is -0.142. The Morgan fingerprint density at radius 3 is 2.41 bits per heavy atom. The largest absolute Gasteiger partial charge is 0.481 e. The Balaban J connectivity index is 1.86. The number of rotatable bonds is 2. The summed E-state index contributed by atoms with van der Waals surface area (Å²) < 4.78 is 0. The molecule has 1 heterocycles. The molecule has 1 aliphatic carbocycles. The fraction of sp³-hybridized carbons (Fsp3) is 0.833. The van der Waals surface area contributed by atoms with Gasteiger partial charge in [-0.3, -0.25) is 4.79 Å². The molecule has 0 spiro atoms. The lowest BCUT2D eigenvalue weighted by Gasteiger charge is -2.35. The normalized spacial score (nSPS) is 36.5. The number of carboxylic acid groups (broad SMARTS) is 1. The first-order chi connectivity index (χ1) is 7.99. The molecule has 2 atom stereocenters. The minimum atomic E-state index is -0.801. The molecular weight excluding hydrogens is 220 g/mol. The maximum absolute atomic E-state index is 12.0. The summed E-state index contributed by atoms with van der Waals surface area (Å²) in [5.41, 5.74) is 0. The highest BCUT2D eigenvalue weighted by atomic mass is 16.4. The molecule has 0 aromatic carbocycles. The van der Waals surface area contributed by atoms with E-state index in [9.17, 15) is 9.59 Å². The van der Waals surface area contributed by atoms with Crippen molar-refractivity contribution in [2.75, 3.05) is 6.54 Å². The molecule has 0 aromatic heterocycles. The van der Waals surface area contributed by atoms with Crippen LogP contribution in [0.25, 0.3) is 0 Å². The van der Waals surface area contributed by atoms with Crippen LogP contribution in [0.3, 0.4) is 0 Å². The number of aliphatic carboxylic acids is 1. The summed E-state index contributed by atoms with van der Waals surface area (Å²) in [7, 11) is 0. The van der Waals surface area contributed by atoms with Crippen molar-refractivity contribution in [3.63, 3.8) is 0 Å². The standard InChI is InChI=1S/C12H20N2O3/c1-7-5-9(6-7)13-12(17)14-4-3-10(8(14)2)11(15)16/h7-10H,3-6H2,1-2H3,(H,13,17)(H,15,16). The van der Waals surface area contributed by atoms with Crippen LogP contribution >= 0.6 is 0 Å². The molecule has 96 valence electrons.